The number of aliphatic hydroxyl groups is 1. The van der Waals surface area contributed by atoms with Crippen LogP contribution in [-0.2, 0) is 11.2 Å². The van der Waals surface area contributed by atoms with E-state index in [4.69, 9.17) is 4.52 Å². The molecule has 1 atom stereocenters. The second kappa shape index (κ2) is 7.35. The molecule has 1 unspecified atom stereocenters. The van der Waals surface area contributed by atoms with Crippen molar-refractivity contribution in [1.29, 1.82) is 0 Å². The summed E-state index contributed by atoms with van der Waals surface area (Å²) in [7, 11) is 0. The number of aryl methyl sites for hydroxylation is 2. The maximum atomic E-state index is 13.0. The molecule has 5 nitrogen and oxygen atoms in total. The van der Waals surface area contributed by atoms with Gasteiger partial charge in [-0.2, -0.15) is 0 Å². The van der Waals surface area contributed by atoms with E-state index in [0.29, 0.717) is 18.4 Å². The van der Waals surface area contributed by atoms with Crippen LogP contribution >= 0.6 is 0 Å². The molecule has 1 heterocycles. The molecule has 1 fully saturated rings. The molecule has 1 saturated carbocycles. The fraction of sp³-hybridized carbons (Fsp3) is 0.474. The predicted molar refractivity (Wildman–Crippen MR) is 90.4 cm³/mol. The minimum absolute atomic E-state index is 0.0173. The lowest BCUT2D eigenvalue weighted by Gasteiger charge is -2.25. The molecule has 1 aromatic heterocycles. The Hall–Kier alpha value is -2.21. The molecule has 3 rings (SSSR count). The highest BCUT2D eigenvalue weighted by Gasteiger charge is 2.33. The molecule has 1 aliphatic carbocycles. The summed E-state index contributed by atoms with van der Waals surface area (Å²) in [6.45, 7) is 3.95. The van der Waals surface area contributed by atoms with Crippen molar-refractivity contribution in [2.24, 2.45) is 0 Å². The summed E-state index contributed by atoms with van der Waals surface area (Å²) in [5.41, 5.74) is 2.41. The first-order valence-electron chi connectivity index (χ1n) is 8.60. The number of carbonyl (C=O) groups is 1. The predicted octanol–water partition coefficient (Wildman–Crippen LogP) is 3.09. The highest BCUT2D eigenvalue weighted by atomic mass is 19.1. The van der Waals surface area contributed by atoms with Gasteiger partial charge in [-0.15, -0.1) is 0 Å². The zero-order chi connectivity index (χ0) is 18.0. The molecule has 134 valence electrons. The summed E-state index contributed by atoms with van der Waals surface area (Å²) in [6, 6.07) is 5.95. The van der Waals surface area contributed by atoms with E-state index >= 15 is 0 Å². The van der Waals surface area contributed by atoms with Gasteiger partial charge in [0, 0.05) is 18.0 Å². The molecule has 0 aliphatic heterocycles. The van der Waals surface area contributed by atoms with Gasteiger partial charge in [0.1, 0.15) is 11.6 Å². The normalized spacial score (nSPS) is 15.2. The van der Waals surface area contributed by atoms with Gasteiger partial charge in [-0.05, 0) is 50.8 Å². The van der Waals surface area contributed by atoms with E-state index in [1.807, 2.05) is 13.8 Å². The smallest absolute Gasteiger partial charge is 0.223 e. The number of hydrogen-bond acceptors (Lipinski definition) is 4. The summed E-state index contributed by atoms with van der Waals surface area (Å²) in [4.78, 5) is 14.4. The van der Waals surface area contributed by atoms with Gasteiger partial charge in [-0.3, -0.25) is 4.79 Å². The Labute approximate surface area is 146 Å². The maximum absolute atomic E-state index is 13.0. The lowest BCUT2D eigenvalue weighted by atomic mass is 10.1. The first kappa shape index (κ1) is 17.6. The van der Waals surface area contributed by atoms with Crippen LogP contribution < -0.4 is 0 Å². The Bertz CT molecular complexity index is 718. The molecular weight excluding hydrogens is 323 g/mol. The molecule has 1 amide bonds. The van der Waals surface area contributed by atoms with E-state index in [1.54, 1.807) is 17.0 Å². The number of halogens is 1. The standard InChI is InChI=1S/C19H23FN2O3/c1-12-17(13(2)25-21-12)9-10-19(24)22(16-7-8-16)11-18(23)14-3-5-15(20)6-4-14/h3-6,16,18,23H,7-11H2,1-2H3. The second-order valence-corrected chi connectivity index (χ2v) is 6.65. The SMILES string of the molecule is Cc1noc(C)c1CCC(=O)N(CC(O)c1ccc(F)cc1)C1CC1. The average molecular weight is 346 g/mol. The largest absolute Gasteiger partial charge is 0.387 e. The van der Waals surface area contributed by atoms with E-state index in [9.17, 15) is 14.3 Å². The van der Waals surface area contributed by atoms with Crippen molar-refractivity contribution in [1.82, 2.24) is 10.1 Å². The fourth-order valence-electron chi connectivity index (χ4n) is 3.05. The third-order valence-corrected chi connectivity index (χ3v) is 4.70. The second-order valence-electron chi connectivity index (χ2n) is 6.65. The molecule has 1 aromatic carbocycles. The third-order valence-electron chi connectivity index (χ3n) is 4.70. The summed E-state index contributed by atoms with van der Waals surface area (Å²) in [5, 5.41) is 14.3. The van der Waals surface area contributed by atoms with Crippen LogP contribution in [0.15, 0.2) is 28.8 Å². The van der Waals surface area contributed by atoms with Crippen molar-refractivity contribution in [2.75, 3.05) is 6.54 Å². The van der Waals surface area contributed by atoms with E-state index in [1.165, 1.54) is 12.1 Å². The van der Waals surface area contributed by atoms with Crippen LogP contribution in [0.3, 0.4) is 0 Å². The number of amides is 1. The Morgan fingerprint density at radius 3 is 2.60 bits per heavy atom. The van der Waals surface area contributed by atoms with E-state index < -0.39 is 6.10 Å². The minimum Gasteiger partial charge on any atom is -0.387 e. The van der Waals surface area contributed by atoms with Crippen LogP contribution in [0.1, 0.15) is 47.9 Å². The van der Waals surface area contributed by atoms with Gasteiger partial charge in [0.25, 0.3) is 0 Å². The Morgan fingerprint density at radius 2 is 2.04 bits per heavy atom. The van der Waals surface area contributed by atoms with E-state index in [0.717, 1.165) is 29.9 Å². The number of aromatic nitrogens is 1. The van der Waals surface area contributed by atoms with Gasteiger partial charge in [0.2, 0.25) is 5.91 Å². The fourth-order valence-corrected chi connectivity index (χ4v) is 3.05. The van der Waals surface area contributed by atoms with Crippen molar-refractivity contribution in [3.8, 4) is 0 Å². The zero-order valence-electron chi connectivity index (χ0n) is 14.5. The Morgan fingerprint density at radius 1 is 1.36 bits per heavy atom. The summed E-state index contributed by atoms with van der Waals surface area (Å²) in [5.74, 6) is 0.420. The van der Waals surface area contributed by atoms with Gasteiger partial charge >= 0.3 is 0 Å². The first-order chi connectivity index (χ1) is 12.0. The van der Waals surface area contributed by atoms with Gasteiger partial charge < -0.3 is 14.5 Å². The van der Waals surface area contributed by atoms with Gasteiger partial charge in [0.15, 0.2) is 0 Å². The topological polar surface area (TPSA) is 66.6 Å². The quantitative estimate of drug-likeness (QED) is 0.837. The van der Waals surface area contributed by atoms with Crippen molar-refractivity contribution >= 4 is 5.91 Å². The molecule has 6 heteroatoms. The van der Waals surface area contributed by atoms with Crippen molar-refractivity contribution in [2.45, 2.75) is 51.7 Å². The minimum atomic E-state index is -0.816. The van der Waals surface area contributed by atoms with Crippen LogP contribution in [0.5, 0.6) is 0 Å². The van der Waals surface area contributed by atoms with Crippen LogP contribution in [0.4, 0.5) is 4.39 Å². The number of rotatable bonds is 7. The molecule has 0 radical (unpaired) electrons. The monoisotopic (exact) mass is 346 g/mol. The number of nitrogens with zero attached hydrogens (tertiary/aromatic N) is 2. The van der Waals surface area contributed by atoms with Gasteiger partial charge in [-0.1, -0.05) is 17.3 Å². The van der Waals surface area contributed by atoms with Crippen molar-refractivity contribution in [3.05, 3.63) is 52.7 Å². The molecule has 0 saturated heterocycles. The Kier molecular flexibility index (Phi) is 5.18. The van der Waals surface area contributed by atoms with Crippen LogP contribution in [0.25, 0.3) is 0 Å². The molecule has 0 spiro atoms. The first-order valence-corrected chi connectivity index (χ1v) is 8.60. The van der Waals surface area contributed by atoms with Gasteiger partial charge in [-0.25, -0.2) is 4.39 Å². The van der Waals surface area contributed by atoms with E-state index in [-0.39, 0.29) is 24.3 Å². The average Bonchev–Trinajstić information content (AvgIpc) is 3.38. The highest BCUT2D eigenvalue weighted by molar-refractivity contribution is 5.77. The number of benzene rings is 1. The molecular formula is C19H23FN2O3. The number of aliphatic hydroxyl groups excluding tert-OH is 1. The summed E-state index contributed by atoms with van der Waals surface area (Å²) in [6.07, 6.45) is 2.05. The highest BCUT2D eigenvalue weighted by Crippen LogP contribution is 2.30. The summed E-state index contributed by atoms with van der Waals surface area (Å²) >= 11 is 0. The van der Waals surface area contributed by atoms with Crippen LogP contribution in [0.2, 0.25) is 0 Å². The molecule has 0 bridgehead atoms. The van der Waals surface area contributed by atoms with Crippen molar-refractivity contribution in [3.63, 3.8) is 0 Å². The van der Waals surface area contributed by atoms with Crippen LogP contribution in [0, 0.1) is 19.7 Å². The number of carbonyl (C=O) groups excluding carboxylic acids is 1. The maximum Gasteiger partial charge on any atom is 0.223 e. The molecule has 25 heavy (non-hydrogen) atoms. The summed E-state index contributed by atoms with van der Waals surface area (Å²) < 4.78 is 18.2. The molecule has 1 aliphatic rings. The molecule has 2 aromatic rings. The lowest BCUT2D eigenvalue weighted by Crippen LogP contribution is -2.36. The van der Waals surface area contributed by atoms with E-state index in [2.05, 4.69) is 5.16 Å². The number of hydrogen-bond donors (Lipinski definition) is 1. The molecule has 1 N–H and O–H groups in total. The van der Waals surface area contributed by atoms with Gasteiger partial charge in [0.05, 0.1) is 18.3 Å². The zero-order valence-corrected chi connectivity index (χ0v) is 14.5. The third kappa shape index (κ3) is 4.25. The van der Waals surface area contributed by atoms with Crippen molar-refractivity contribution < 1.29 is 18.8 Å². The van der Waals surface area contributed by atoms with Crippen LogP contribution in [-0.4, -0.2) is 33.7 Å². The Balaban J connectivity index is 1.62. The lowest BCUT2D eigenvalue weighted by molar-refractivity contribution is -0.133.